The number of para-hydroxylation sites is 1. The Morgan fingerprint density at radius 3 is 2.41 bits per heavy atom. The molecule has 3 rings (SSSR count). The van der Waals surface area contributed by atoms with Crippen molar-refractivity contribution >= 4 is 40.2 Å². The standard InChI is InChI=1S/C21H21Cl2N3O3/c1-21(2,3)29-20(28)24-12-11-16-25-18-15(23)10-9-14(22)17(18)19(27)26(16)13-7-5-4-6-8-13/h4-10H,11-12H2,1-3H3,(H,24,28). The average molecular weight is 434 g/mol. The molecule has 1 heterocycles. The second kappa shape index (κ2) is 8.43. The van der Waals surface area contributed by atoms with E-state index in [0.717, 1.165) is 0 Å². The third kappa shape index (κ3) is 4.89. The minimum absolute atomic E-state index is 0.234. The first-order chi connectivity index (χ1) is 13.7. The second-order valence-electron chi connectivity index (χ2n) is 7.44. The van der Waals surface area contributed by atoms with E-state index < -0.39 is 11.7 Å². The number of alkyl carbamates (subject to hydrolysis) is 1. The summed E-state index contributed by atoms with van der Waals surface area (Å²) in [6, 6.07) is 12.3. The molecule has 0 bridgehead atoms. The highest BCUT2D eigenvalue weighted by Gasteiger charge is 2.18. The number of ether oxygens (including phenoxy) is 1. The summed E-state index contributed by atoms with van der Waals surface area (Å²) in [5.74, 6) is 0.453. The molecule has 3 aromatic rings. The van der Waals surface area contributed by atoms with Crippen molar-refractivity contribution in [3.05, 3.63) is 68.7 Å². The molecule has 2 aromatic carbocycles. The zero-order chi connectivity index (χ0) is 21.2. The number of amides is 1. The lowest BCUT2D eigenvalue weighted by Gasteiger charge is -2.20. The Morgan fingerprint density at radius 1 is 1.10 bits per heavy atom. The summed E-state index contributed by atoms with van der Waals surface area (Å²) in [6.45, 7) is 5.60. The predicted octanol–water partition coefficient (Wildman–Crippen LogP) is 4.76. The van der Waals surface area contributed by atoms with Crippen molar-refractivity contribution in [2.75, 3.05) is 6.54 Å². The number of hydrogen-bond acceptors (Lipinski definition) is 4. The number of carbonyl (C=O) groups excluding carboxylic acids is 1. The molecular weight excluding hydrogens is 413 g/mol. The quantitative estimate of drug-likeness (QED) is 0.643. The summed E-state index contributed by atoms with van der Waals surface area (Å²) in [5.41, 5.74) is 0.0709. The molecule has 1 aromatic heterocycles. The van der Waals surface area contributed by atoms with Gasteiger partial charge < -0.3 is 10.1 Å². The van der Waals surface area contributed by atoms with Crippen LogP contribution in [0, 0.1) is 0 Å². The third-order valence-corrected chi connectivity index (χ3v) is 4.64. The van der Waals surface area contributed by atoms with Crippen molar-refractivity contribution in [1.82, 2.24) is 14.9 Å². The van der Waals surface area contributed by atoms with E-state index >= 15 is 0 Å². The van der Waals surface area contributed by atoms with Crippen molar-refractivity contribution in [2.45, 2.75) is 32.8 Å². The van der Waals surface area contributed by atoms with Gasteiger partial charge in [-0.3, -0.25) is 9.36 Å². The molecule has 0 spiro atoms. The maximum Gasteiger partial charge on any atom is 0.407 e. The molecule has 1 amide bonds. The first kappa shape index (κ1) is 21.1. The van der Waals surface area contributed by atoms with E-state index in [0.29, 0.717) is 28.5 Å². The number of nitrogens with one attached hydrogen (secondary N) is 1. The van der Waals surface area contributed by atoms with E-state index in [-0.39, 0.29) is 22.5 Å². The SMILES string of the molecule is CC(C)(C)OC(=O)NCCc1nc2c(Cl)ccc(Cl)c2c(=O)n1-c1ccccc1. The van der Waals surface area contributed by atoms with Crippen LogP contribution in [0.4, 0.5) is 4.79 Å². The van der Waals surface area contributed by atoms with Crippen LogP contribution in [0.5, 0.6) is 0 Å². The van der Waals surface area contributed by atoms with Crippen LogP contribution in [0.2, 0.25) is 10.0 Å². The van der Waals surface area contributed by atoms with Gasteiger partial charge in [-0.1, -0.05) is 41.4 Å². The number of halogens is 2. The molecule has 0 aliphatic rings. The lowest BCUT2D eigenvalue weighted by molar-refractivity contribution is 0.0528. The van der Waals surface area contributed by atoms with E-state index in [1.807, 2.05) is 18.2 Å². The molecule has 6 nitrogen and oxygen atoms in total. The van der Waals surface area contributed by atoms with Gasteiger partial charge in [0.25, 0.3) is 5.56 Å². The Kier molecular flexibility index (Phi) is 6.15. The fourth-order valence-corrected chi connectivity index (χ4v) is 3.30. The molecule has 0 aliphatic carbocycles. The van der Waals surface area contributed by atoms with Gasteiger partial charge in [0.05, 0.1) is 26.6 Å². The molecule has 0 fully saturated rings. The Hall–Kier alpha value is -2.57. The third-order valence-electron chi connectivity index (χ3n) is 4.02. The number of fused-ring (bicyclic) bond motifs is 1. The van der Waals surface area contributed by atoms with Gasteiger partial charge in [0.2, 0.25) is 0 Å². The Morgan fingerprint density at radius 2 is 1.76 bits per heavy atom. The minimum Gasteiger partial charge on any atom is -0.444 e. The second-order valence-corrected chi connectivity index (χ2v) is 8.25. The van der Waals surface area contributed by atoms with Crippen molar-refractivity contribution in [2.24, 2.45) is 0 Å². The summed E-state index contributed by atoms with van der Waals surface area (Å²) in [6.07, 6.45) is -0.240. The summed E-state index contributed by atoms with van der Waals surface area (Å²) in [5, 5.41) is 3.56. The smallest absolute Gasteiger partial charge is 0.407 e. The molecular formula is C21H21Cl2N3O3. The highest BCUT2D eigenvalue weighted by atomic mass is 35.5. The molecule has 0 saturated carbocycles. The lowest BCUT2D eigenvalue weighted by Crippen LogP contribution is -2.34. The average Bonchev–Trinajstić information content (AvgIpc) is 2.64. The van der Waals surface area contributed by atoms with E-state index in [9.17, 15) is 9.59 Å². The molecule has 0 atom stereocenters. The number of rotatable bonds is 4. The minimum atomic E-state index is -0.596. The summed E-state index contributed by atoms with van der Waals surface area (Å²) in [7, 11) is 0. The van der Waals surface area contributed by atoms with Gasteiger partial charge in [-0.15, -0.1) is 0 Å². The van der Waals surface area contributed by atoms with Crippen molar-refractivity contribution in [3.8, 4) is 5.69 Å². The molecule has 8 heteroatoms. The van der Waals surface area contributed by atoms with Crippen LogP contribution in [-0.2, 0) is 11.2 Å². The van der Waals surface area contributed by atoms with Crippen LogP contribution < -0.4 is 10.9 Å². The Labute approximate surface area is 178 Å². The van der Waals surface area contributed by atoms with Gasteiger partial charge in [0.15, 0.2) is 0 Å². The molecule has 29 heavy (non-hydrogen) atoms. The van der Waals surface area contributed by atoms with Gasteiger partial charge >= 0.3 is 6.09 Å². The number of aromatic nitrogens is 2. The first-order valence-electron chi connectivity index (χ1n) is 9.09. The van der Waals surface area contributed by atoms with Gasteiger partial charge in [-0.25, -0.2) is 9.78 Å². The van der Waals surface area contributed by atoms with Crippen LogP contribution in [0.3, 0.4) is 0 Å². The van der Waals surface area contributed by atoms with Crippen LogP contribution >= 0.6 is 23.2 Å². The molecule has 0 unspecified atom stereocenters. The lowest BCUT2D eigenvalue weighted by atomic mass is 10.2. The fraction of sp³-hybridized carbons (Fsp3) is 0.286. The van der Waals surface area contributed by atoms with Gasteiger partial charge in [0.1, 0.15) is 11.4 Å². The highest BCUT2D eigenvalue weighted by Crippen LogP contribution is 2.27. The van der Waals surface area contributed by atoms with Crippen LogP contribution in [0.15, 0.2) is 47.3 Å². The molecule has 0 saturated heterocycles. The van der Waals surface area contributed by atoms with E-state index in [2.05, 4.69) is 10.3 Å². The molecule has 0 radical (unpaired) electrons. The molecule has 0 aliphatic heterocycles. The maximum atomic E-state index is 13.3. The first-order valence-corrected chi connectivity index (χ1v) is 9.85. The van der Waals surface area contributed by atoms with Crippen molar-refractivity contribution in [1.29, 1.82) is 0 Å². The number of benzene rings is 2. The normalized spacial score (nSPS) is 11.5. The van der Waals surface area contributed by atoms with Gasteiger partial charge in [-0.05, 0) is 45.0 Å². The van der Waals surface area contributed by atoms with Gasteiger partial charge in [-0.2, -0.15) is 0 Å². The summed E-state index contributed by atoms with van der Waals surface area (Å²) in [4.78, 5) is 29.8. The van der Waals surface area contributed by atoms with Crippen LogP contribution in [0.25, 0.3) is 16.6 Å². The maximum absolute atomic E-state index is 13.3. The van der Waals surface area contributed by atoms with E-state index in [4.69, 9.17) is 27.9 Å². The topological polar surface area (TPSA) is 73.2 Å². The zero-order valence-electron chi connectivity index (χ0n) is 16.3. The largest absolute Gasteiger partial charge is 0.444 e. The Bertz CT molecular complexity index is 1110. The fourth-order valence-electron chi connectivity index (χ4n) is 2.86. The highest BCUT2D eigenvalue weighted by molar-refractivity contribution is 6.39. The predicted molar refractivity (Wildman–Crippen MR) is 115 cm³/mol. The van der Waals surface area contributed by atoms with Crippen LogP contribution in [0.1, 0.15) is 26.6 Å². The van der Waals surface area contributed by atoms with E-state index in [1.165, 1.54) is 4.57 Å². The monoisotopic (exact) mass is 433 g/mol. The van der Waals surface area contributed by atoms with Crippen molar-refractivity contribution in [3.63, 3.8) is 0 Å². The van der Waals surface area contributed by atoms with E-state index in [1.54, 1.807) is 45.0 Å². The number of hydrogen-bond donors (Lipinski definition) is 1. The summed E-state index contributed by atoms with van der Waals surface area (Å²) < 4.78 is 6.73. The van der Waals surface area contributed by atoms with Crippen molar-refractivity contribution < 1.29 is 9.53 Å². The molecule has 152 valence electrons. The number of carbonyl (C=O) groups is 1. The van der Waals surface area contributed by atoms with Gasteiger partial charge in [0, 0.05) is 13.0 Å². The summed E-state index contributed by atoms with van der Waals surface area (Å²) >= 11 is 12.5. The van der Waals surface area contributed by atoms with Crippen LogP contribution in [-0.4, -0.2) is 27.8 Å². The Balaban J connectivity index is 2.02. The number of nitrogens with zero attached hydrogens (tertiary/aromatic N) is 2. The zero-order valence-corrected chi connectivity index (χ0v) is 17.8. The molecule has 1 N–H and O–H groups in total.